The molecule has 0 aromatic rings. The Hall–Kier alpha value is -0.940. The van der Waals surface area contributed by atoms with E-state index < -0.39 is 0 Å². The predicted molar refractivity (Wildman–Crippen MR) is 58.5 cm³/mol. The van der Waals surface area contributed by atoms with Gasteiger partial charge in [0.2, 0.25) is 0 Å². The van der Waals surface area contributed by atoms with Crippen LogP contribution in [0, 0.1) is 30.3 Å². The first-order valence-corrected chi connectivity index (χ1v) is 5.77. The van der Waals surface area contributed by atoms with Gasteiger partial charge >= 0.3 is 0 Å². The number of rotatable bonds is 2. The fraction of sp³-hybridized carbons (Fsp3) is 0.692. The fourth-order valence-corrected chi connectivity index (χ4v) is 3.06. The summed E-state index contributed by atoms with van der Waals surface area (Å²) in [5.74, 6) is 1.91. The Bertz CT molecular complexity index is 277. The van der Waals surface area contributed by atoms with Crippen molar-refractivity contribution < 1.29 is 9.78 Å². The van der Waals surface area contributed by atoms with Gasteiger partial charge in [0.25, 0.3) is 0 Å². The van der Waals surface area contributed by atoms with Gasteiger partial charge in [-0.25, -0.2) is 0 Å². The average Bonchev–Trinajstić information content (AvgIpc) is 2.26. The number of hydrogen-bond acceptors (Lipinski definition) is 2. The van der Waals surface area contributed by atoms with E-state index in [2.05, 4.69) is 30.1 Å². The lowest BCUT2D eigenvalue weighted by Crippen LogP contribution is -2.39. The topological polar surface area (TPSA) is 18.5 Å². The van der Waals surface area contributed by atoms with Crippen molar-refractivity contribution in [1.29, 1.82) is 0 Å². The maximum atomic E-state index is 5.30. The summed E-state index contributed by atoms with van der Waals surface area (Å²) in [7, 11) is 0. The van der Waals surface area contributed by atoms with E-state index in [9.17, 15) is 0 Å². The van der Waals surface area contributed by atoms with E-state index in [1.807, 2.05) is 0 Å². The normalized spacial score (nSPS) is 39.2. The third-order valence-electron chi connectivity index (χ3n) is 3.72. The van der Waals surface area contributed by atoms with Crippen LogP contribution in [0.2, 0.25) is 0 Å². The molecule has 15 heavy (non-hydrogen) atoms. The molecule has 0 aliphatic heterocycles. The van der Waals surface area contributed by atoms with Crippen molar-refractivity contribution in [3.8, 4) is 12.5 Å². The molecule has 0 N–H and O–H groups in total. The van der Waals surface area contributed by atoms with Gasteiger partial charge in [0, 0.05) is 0 Å². The van der Waals surface area contributed by atoms with E-state index in [1.54, 1.807) is 0 Å². The minimum absolute atomic E-state index is 0.180. The molecule has 4 unspecified atom stereocenters. The first-order valence-electron chi connectivity index (χ1n) is 5.77. The third kappa shape index (κ3) is 2.18. The Balaban J connectivity index is 2.05. The zero-order chi connectivity index (χ0) is 10.7. The van der Waals surface area contributed by atoms with Crippen LogP contribution in [0.25, 0.3) is 0 Å². The Morgan fingerprint density at radius 1 is 1.40 bits per heavy atom. The predicted octanol–water partition coefficient (Wildman–Crippen LogP) is 2.91. The maximum absolute atomic E-state index is 5.30. The maximum Gasteiger partial charge on any atom is 0.153 e. The lowest BCUT2D eigenvalue weighted by Gasteiger charge is -2.40. The number of terminal acetylenes is 1. The van der Waals surface area contributed by atoms with E-state index >= 15 is 0 Å². The highest BCUT2D eigenvalue weighted by molar-refractivity contribution is 5.03. The molecule has 0 saturated heterocycles. The molecule has 0 bridgehead atoms. The Morgan fingerprint density at radius 2 is 2.27 bits per heavy atom. The van der Waals surface area contributed by atoms with Gasteiger partial charge in [-0.3, -0.25) is 4.89 Å². The van der Waals surface area contributed by atoms with Crippen molar-refractivity contribution in [3.63, 3.8) is 0 Å². The van der Waals surface area contributed by atoms with Gasteiger partial charge in [-0.15, -0.1) is 0 Å². The average molecular weight is 206 g/mol. The van der Waals surface area contributed by atoms with Gasteiger partial charge in [-0.2, -0.15) is 4.89 Å². The van der Waals surface area contributed by atoms with Crippen molar-refractivity contribution in [2.24, 2.45) is 17.8 Å². The summed E-state index contributed by atoms with van der Waals surface area (Å²) in [6, 6.07) is 0. The molecule has 2 aliphatic rings. The first kappa shape index (κ1) is 10.6. The van der Waals surface area contributed by atoms with Gasteiger partial charge in [-0.1, -0.05) is 31.9 Å². The Labute approximate surface area is 91.6 Å². The molecule has 1 saturated carbocycles. The highest BCUT2D eigenvalue weighted by Crippen LogP contribution is 2.41. The number of allylic oxidation sites excluding steroid dienone is 2. The van der Waals surface area contributed by atoms with E-state index in [-0.39, 0.29) is 6.10 Å². The summed E-state index contributed by atoms with van der Waals surface area (Å²) in [5, 5.41) is 0. The highest BCUT2D eigenvalue weighted by atomic mass is 17.2. The summed E-state index contributed by atoms with van der Waals surface area (Å²) in [4.78, 5) is 9.98. The number of fused-ring (bicyclic) bond motifs is 1. The standard InChI is InChI=1S/C13H18O2/c1-3-14-15-12-9-5-8-11-7-4-6-10(2)13(11)12/h1,4,7,10-13H,5-6,8-9H2,2H3. The molecule has 82 valence electrons. The second-order valence-electron chi connectivity index (χ2n) is 4.65. The lowest BCUT2D eigenvalue weighted by atomic mass is 9.68. The lowest BCUT2D eigenvalue weighted by molar-refractivity contribution is -0.296. The van der Waals surface area contributed by atoms with Crippen LogP contribution in [0.4, 0.5) is 0 Å². The van der Waals surface area contributed by atoms with Crippen LogP contribution in [-0.2, 0) is 9.78 Å². The molecule has 0 aromatic carbocycles. The third-order valence-corrected chi connectivity index (χ3v) is 3.72. The molecular formula is C13H18O2. The van der Waals surface area contributed by atoms with Gasteiger partial charge in [0.05, 0.1) is 0 Å². The fourth-order valence-electron chi connectivity index (χ4n) is 3.06. The second kappa shape index (κ2) is 4.72. The van der Waals surface area contributed by atoms with Gasteiger partial charge < -0.3 is 0 Å². The monoisotopic (exact) mass is 206 g/mol. The van der Waals surface area contributed by atoms with E-state index in [0.29, 0.717) is 17.8 Å². The molecule has 0 radical (unpaired) electrons. The molecule has 0 heterocycles. The molecule has 2 rings (SSSR count). The molecule has 2 nitrogen and oxygen atoms in total. The van der Waals surface area contributed by atoms with Crippen LogP contribution in [0.15, 0.2) is 12.2 Å². The van der Waals surface area contributed by atoms with E-state index in [0.717, 1.165) is 12.8 Å². The van der Waals surface area contributed by atoms with Crippen molar-refractivity contribution in [1.82, 2.24) is 0 Å². The van der Waals surface area contributed by atoms with Crippen LogP contribution in [-0.4, -0.2) is 6.10 Å². The van der Waals surface area contributed by atoms with Crippen LogP contribution < -0.4 is 0 Å². The Morgan fingerprint density at radius 3 is 3.07 bits per heavy atom. The Kier molecular flexibility index (Phi) is 3.33. The minimum Gasteiger partial charge on any atom is -0.282 e. The summed E-state index contributed by atoms with van der Waals surface area (Å²) < 4.78 is 0. The van der Waals surface area contributed by atoms with Crippen LogP contribution >= 0.6 is 0 Å². The minimum atomic E-state index is 0.180. The van der Waals surface area contributed by atoms with Crippen molar-refractivity contribution in [2.75, 3.05) is 0 Å². The summed E-state index contributed by atoms with van der Waals surface area (Å²) >= 11 is 0. The van der Waals surface area contributed by atoms with Crippen LogP contribution in [0.1, 0.15) is 32.6 Å². The second-order valence-corrected chi connectivity index (χ2v) is 4.65. The molecule has 4 atom stereocenters. The molecule has 0 spiro atoms. The SMILES string of the molecule is C#COOC1CCCC2C=CCC(C)C21. The summed E-state index contributed by atoms with van der Waals surface area (Å²) in [6.07, 6.45) is 16.7. The molecule has 2 heteroatoms. The molecule has 1 fully saturated rings. The zero-order valence-corrected chi connectivity index (χ0v) is 9.19. The first-order chi connectivity index (χ1) is 7.33. The summed E-state index contributed by atoms with van der Waals surface area (Å²) in [5.41, 5.74) is 0. The van der Waals surface area contributed by atoms with Gasteiger partial charge in [0.1, 0.15) is 6.10 Å². The van der Waals surface area contributed by atoms with Crippen LogP contribution in [0.3, 0.4) is 0 Å². The van der Waals surface area contributed by atoms with Crippen molar-refractivity contribution in [3.05, 3.63) is 12.2 Å². The summed E-state index contributed by atoms with van der Waals surface area (Å²) in [6.45, 7) is 2.29. The van der Waals surface area contributed by atoms with Gasteiger partial charge in [-0.05, 0) is 37.0 Å². The zero-order valence-electron chi connectivity index (χ0n) is 9.19. The van der Waals surface area contributed by atoms with Crippen molar-refractivity contribution in [2.45, 2.75) is 38.7 Å². The van der Waals surface area contributed by atoms with Crippen molar-refractivity contribution >= 4 is 0 Å². The van der Waals surface area contributed by atoms with Gasteiger partial charge in [0.15, 0.2) is 6.11 Å². The van der Waals surface area contributed by atoms with E-state index in [4.69, 9.17) is 11.3 Å². The smallest absolute Gasteiger partial charge is 0.153 e. The quantitative estimate of drug-likeness (QED) is 0.299. The molecule has 2 aliphatic carbocycles. The largest absolute Gasteiger partial charge is 0.282 e. The molecular weight excluding hydrogens is 188 g/mol. The van der Waals surface area contributed by atoms with Crippen LogP contribution in [0.5, 0.6) is 0 Å². The number of hydrogen-bond donors (Lipinski definition) is 0. The highest BCUT2D eigenvalue weighted by Gasteiger charge is 2.38. The van der Waals surface area contributed by atoms with E-state index in [1.165, 1.54) is 12.8 Å². The molecule has 0 amide bonds. The molecule has 0 aromatic heterocycles.